The average Bonchev–Trinajstić information content (AvgIpc) is 3.19. The van der Waals surface area contributed by atoms with Gasteiger partial charge >= 0.3 is 25.1 Å². The number of aliphatic carboxylic acids is 1. The minimum atomic E-state index is -1.56. The quantitative estimate of drug-likeness (QED) is 0.0882. The molecule has 1 amide bonds. The van der Waals surface area contributed by atoms with Crippen LogP contribution >= 0.6 is 34.8 Å². The lowest BCUT2D eigenvalue weighted by Gasteiger charge is -2.30. The molecule has 0 bridgehead atoms. The Morgan fingerprint density at radius 3 is 1.33 bits per heavy atom. The maximum Gasteiger partial charge on any atom is 0.410 e. The Balaban J connectivity index is 0.00000107. The normalized spacial score (nSPS) is 23.1. The van der Waals surface area contributed by atoms with E-state index in [0.717, 1.165) is 65.5 Å². The minimum Gasteiger partial charge on any atom is -0.483 e. The Labute approximate surface area is 558 Å². The largest absolute Gasteiger partial charge is 0.483 e. The number of alkyl halides is 3. The van der Waals surface area contributed by atoms with E-state index in [1.807, 2.05) is 20.8 Å². The topological polar surface area (TPSA) is 237 Å². The molecule has 5 rings (SSSR count). The Bertz CT molecular complexity index is 2320. The molecule has 0 aromatic carbocycles. The van der Waals surface area contributed by atoms with Crippen LogP contribution in [0.25, 0.3) is 0 Å². The van der Waals surface area contributed by atoms with Crippen molar-refractivity contribution in [3.63, 3.8) is 0 Å². The van der Waals surface area contributed by atoms with Crippen LogP contribution in [-0.2, 0) is 42.7 Å². The summed E-state index contributed by atoms with van der Waals surface area (Å²) < 4.78 is 37.1. The summed E-state index contributed by atoms with van der Waals surface area (Å²) in [5.41, 5.74) is 2.89. The van der Waals surface area contributed by atoms with Crippen LogP contribution in [0.4, 0.5) is 4.79 Å². The molecule has 89 heavy (non-hydrogen) atoms. The second kappa shape index (κ2) is 39.1. The third-order valence-corrected chi connectivity index (χ3v) is 34.4. The standard InChI is InChI=1S/C14H28N2O2Si.C13H25ClN2O2Si.C12H23NO4Si.C10H18N2O.C7H16BNO3Si.C4H10Cl2Si/c1-8-19(6,7)9-11-13(17-4)16-12(10(2)3)14(15-11)18-5;1-9(2)11-13(18-4)15-10(12(16-11)17-3)7-19(5,6)8-14;1-12(2,3)17-11(15)13-8-18(5,6)7-9(13)10(14)16-4;1-5-8-6-11-10(13-4)9(12-8)7(2)3;1-8(12)9-5-13(2,3)4-6(9)7(10)11;1-7(2,3-5)4-6/h10-12H,8-9H2,1-7H3;9-11H,7-8H2,1-6H3;9H,7-8H2,1-6H3;7,9H,5-6H2,1-4H3;6,12H,4-5H2,1-3H3,(H,10,11);3-4H2,1-2H3/t11-,12+;10-,11-;2*9-;6-;/m01110./s1. The fraction of sp³-hybridized carbons (Fsp3) is 0.850. The van der Waals surface area contributed by atoms with Crippen LogP contribution < -0.4 is 0 Å². The lowest BCUT2D eigenvalue weighted by atomic mass is 9.84. The van der Waals surface area contributed by atoms with Crippen molar-refractivity contribution in [1.82, 2.24) is 9.71 Å². The van der Waals surface area contributed by atoms with Gasteiger partial charge in [-0.3, -0.25) is 14.7 Å². The first-order valence-corrected chi connectivity index (χ1v) is 50.1. The number of esters is 1. The molecular weight excluding hydrogens is 1280 g/mol. The minimum absolute atomic E-state index is 0.0115. The number of rotatable bonds is 15. The third-order valence-electron chi connectivity index (χ3n) is 15.4. The van der Waals surface area contributed by atoms with Gasteiger partial charge in [0.2, 0.25) is 29.5 Å². The van der Waals surface area contributed by atoms with E-state index < -0.39 is 77.2 Å². The maximum absolute atomic E-state index is 12.1. The summed E-state index contributed by atoms with van der Waals surface area (Å²) >= 11 is 17.2. The molecule has 0 unspecified atom stereocenters. The lowest BCUT2D eigenvalue weighted by Crippen LogP contribution is -2.45. The fourth-order valence-electron chi connectivity index (χ4n) is 9.71. The third kappa shape index (κ3) is 30.4. The number of hydrogen-bond acceptors (Lipinski definition) is 18. The van der Waals surface area contributed by atoms with Crippen molar-refractivity contribution < 1.29 is 57.7 Å². The molecule has 5 heterocycles. The predicted molar refractivity (Wildman–Crippen MR) is 388 cm³/mol. The number of amides is 1. The van der Waals surface area contributed by atoms with Crippen molar-refractivity contribution in [3.05, 3.63) is 0 Å². The van der Waals surface area contributed by atoms with Gasteiger partial charge in [-0.15, -0.1) is 34.8 Å². The van der Waals surface area contributed by atoms with Gasteiger partial charge < -0.3 is 48.1 Å². The number of carboxylic acids is 1. The summed E-state index contributed by atoms with van der Waals surface area (Å²) in [7, 11) is 2.26. The van der Waals surface area contributed by atoms with E-state index in [-0.39, 0.29) is 36.2 Å². The number of nitrogens with zero attached hydrogens (tertiary/aromatic N) is 8. The highest BCUT2D eigenvalue weighted by molar-refractivity contribution is 6.87. The van der Waals surface area contributed by atoms with E-state index in [1.165, 1.54) is 23.8 Å². The van der Waals surface area contributed by atoms with Crippen LogP contribution in [-0.4, -0.2) is 246 Å². The summed E-state index contributed by atoms with van der Waals surface area (Å²) in [6.45, 7) is 47.2. The fourth-order valence-corrected chi connectivity index (χ4v) is 19.9. The number of carboxylic acid groups (broad SMARTS) is 1. The van der Waals surface area contributed by atoms with E-state index >= 15 is 0 Å². The molecule has 516 valence electrons. The van der Waals surface area contributed by atoms with Crippen LogP contribution in [0.1, 0.15) is 82.6 Å². The first kappa shape index (κ1) is 86.2. The molecule has 0 saturated carbocycles. The van der Waals surface area contributed by atoms with Crippen LogP contribution in [0.15, 0.2) is 30.0 Å². The summed E-state index contributed by atoms with van der Waals surface area (Å²) in [4.78, 5) is 65.8. The van der Waals surface area contributed by atoms with Gasteiger partial charge in [0.15, 0.2) is 0 Å². The second-order valence-corrected chi connectivity index (χ2v) is 57.2. The lowest BCUT2D eigenvalue weighted by molar-refractivity contribution is -0.145. The summed E-state index contributed by atoms with van der Waals surface area (Å²) in [6.07, 6.45) is 1.99. The molecule has 0 aliphatic carbocycles. The summed E-state index contributed by atoms with van der Waals surface area (Å²) in [5, 5.41) is 18.3. The SMILES string of the molecule is CB(O)N1C[Si](C)(C)C[C@H]1C(=O)O.CCC1=N[C@H](C(C)C)C(OC)=NC1.CC[Si](C)(C)C[C@@H]1N=C(OC)[C@@H](C(C)C)N=C1OC.COC(=O)[C@H]1C[Si](C)(C)CN1C(=O)OC(C)(C)C.COC1=N[C@H](C(C)C)C(OC)=N[C@@H]1C[Si](C)(C)CCl.C[Si](C)(CCl)CCl. The summed E-state index contributed by atoms with van der Waals surface area (Å²) in [6, 6.07) is 3.83. The Kier molecular flexibility index (Phi) is 37.9. The number of ether oxygens (including phenoxy) is 7. The smallest absolute Gasteiger partial charge is 0.410 e. The van der Waals surface area contributed by atoms with Gasteiger partial charge in [-0.1, -0.05) is 127 Å². The van der Waals surface area contributed by atoms with Crippen LogP contribution in [0.5, 0.6) is 0 Å². The Hall–Kier alpha value is -2.83. The highest BCUT2D eigenvalue weighted by atomic mass is 35.5. The second-order valence-electron chi connectivity index (χ2n) is 29.4. The van der Waals surface area contributed by atoms with E-state index in [2.05, 4.69) is 136 Å². The zero-order valence-electron chi connectivity index (χ0n) is 60.0. The van der Waals surface area contributed by atoms with Crippen molar-refractivity contribution in [2.24, 2.45) is 47.7 Å². The van der Waals surface area contributed by atoms with Crippen molar-refractivity contribution >= 4 is 135 Å². The molecule has 20 nitrogen and oxygen atoms in total. The summed E-state index contributed by atoms with van der Waals surface area (Å²) in [5.74, 6) is 3.73. The van der Waals surface area contributed by atoms with Crippen molar-refractivity contribution in [3.8, 4) is 0 Å². The number of carbonyl (C=O) groups is 3. The molecule has 2 fully saturated rings. The Morgan fingerprint density at radius 1 is 0.618 bits per heavy atom. The molecule has 0 spiro atoms. The van der Waals surface area contributed by atoms with E-state index in [9.17, 15) is 19.4 Å². The Morgan fingerprint density at radius 2 is 1.01 bits per heavy atom. The molecule has 29 heteroatoms. The molecule has 0 radical (unpaired) electrons. The van der Waals surface area contributed by atoms with E-state index in [0.29, 0.717) is 47.8 Å². The highest BCUT2D eigenvalue weighted by Gasteiger charge is 2.48. The number of halogens is 3. The van der Waals surface area contributed by atoms with Crippen molar-refractivity contribution in [2.45, 2.75) is 233 Å². The highest BCUT2D eigenvalue weighted by Crippen LogP contribution is 2.31. The molecule has 5 aliphatic heterocycles. The van der Waals surface area contributed by atoms with Crippen molar-refractivity contribution in [2.75, 3.05) is 78.0 Å². The zero-order valence-corrected chi connectivity index (χ0v) is 67.3. The number of aliphatic imine (C=N–C) groups is 6. The van der Waals surface area contributed by atoms with Crippen LogP contribution in [0.2, 0.25) is 103 Å². The first-order valence-electron chi connectivity index (χ1n) is 31.4. The van der Waals surface area contributed by atoms with Gasteiger partial charge in [0.25, 0.3) is 0 Å². The number of methoxy groups -OCH3 is 6. The molecular formula is C60H120BCl3N8O12Si5. The van der Waals surface area contributed by atoms with Gasteiger partial charge in [-0.2, -0.15) is 0 Å². The molecule has 0 aromatic rings. The van der Waals surface area contributed by atoms with Gasteiger partial charge in [-0.05, 0) is 82.1 Å². The van der Waals surface area contributed by atoms with Gasteiger partial charge in [0.05, 0.1) is 87.5 Å². The van der Waals surface area contributed by atoms with Gasteiger partial charge in [-0.25, -0.2) is 34.6 Å². The average molecular weight is 1400 g/mol. The molecule has 2 N–H and O–H groups in total. The molecule has 2 saturated heterocycles. The number of hydrogen-bond donors (Lipinski definition) is 2. The maximum atomic E-state index is 12.1. The molecule has 0 aromatic heterocycles. The molecule has 7 atom stereocenters. The van der Waals surface area contributed by atoms with Gasteiger partial charge in [0, 0.05) is 36.5 Å². The monoisotopic (exact) mass is 1400 g/mol. The first-order chi connectivity index (χ1) is 40.9. The predicted octanol–water partition coefficient (Wildman–Crippen LogP) is 12.5. The van der Waals surface area contributed by atoms with E-state index in [4.69, 9.17) is 88.0 Å². The van der Waals surface area contributed by atoms with Crippen LogP contribution in [0, 0.1) is 17.8 Å². The zero-order chi connectivity index (χ0) is 69.4. The van der Waals surface area contributed by atoms with Crippen molar-refractivity contribution in [1.29, 1.82) is 0 Å². The van der Waals surface area contributed by atoms with Gasteiger partial charge in [0.1, 0.15) is 41.9 Å². The number of carbonyl (C=O) groups excluding carboxylic acids is 2. The molecule has 5 aliphatic rings. The van der Waals surface area contributed by atoms with E-state index in [1.54, 1.807) is 47.2 Å². The van der Waals surface area contributed by atoms with Crippen LogP contribution in [0.3, 0.4) is 0 Å².